The highest BCUT2D eigenvalue weighted by molar-refractivity contribution is 5.94. The number of hydrogen-bond donors (Lipinski definition) is 0. The Kier molecular flexibility index (Phi) is 4.08. The molecule has 0 aliphatic rings. The van der Waals surface area contributed by atoms with E-state index in [1.54, 1.807) is 26.1 Å². The van der Waals surface area contributed by atoms with Crippen LogP contribution >= 0.6 is 0 Å². The van der Waals surface area contributed by atoms with Gasteiger partial charge >= 0.3 is 0 Å². The lowest BCUT2D eigenvalue weighted by molar-refractivity contribution is 0.0737. The first-order valence-corrected chi connectivity index (χ1v) is 6.13. The van der Waals surface area contributed by atoms with E-state index in [2.05, 4.69) is 4.98 Å². The van der Waals surface area contributed by atoms with E-state index in [1.165, 1.54) is 29.3 Å². The lowest BCUT2D eigenvalue weighted by atomic mass is 10.1. The van der Waals surface area contributed by atoms with Crippen LogP contribution < -0.4 is 0 Å². The molecule has 1 atom stereocenters. The Morgan fingerprint density at radius 2 is 1.85 bits per heavy atom. The second kappa shape index (κ2) is 5.77. The van der Waals surface area contributed by atoms with Crippen LogP contribution in [0.15, 0.2) is 42.7 Å². The molecular weight excluding hydrogens is 262 g/mol. The van der Waals surface area contributed by atoms with Gasteiger partial charge in [-0.05, 0) is 30.7 Å². The molecule has 20 heavy (non-hydrogen) atoms. The normalized spacial score (nSPS) is 12.0. The Morgan fingerprint density at radius 3 is 2.45 bits per heavy atom. The predicted molar refractivity (Wildman–Crippen MR) is 71.1 cm³/mol. The monoisotopic (exact) mass is 276 g/mol. The molecule has 2 rings (SSSR count). The lowest BCUT2D eigenvalue weighted by Gasteiger charge is -2.25. The van der Waals surface area contributed by atoms with E-state index >= 15 is 0 Å². The lowest BCUT2D eigenvalue weighted by Crippen LogP contribution is -2.30. The number of carbonyl (C=O) groups is 1. The molecule has 3 nitrogen and oxygen atoms in total. The van der Waals surface area contributed by atoms with Gasteiger partial charge in [-0.3, -0.25) is 9.78 Å². The van der Waals surface area contributed by atoms with E-state index in [4.69, 9.17) is 0 Å². The molecule has 1 aromatic carbocycles. The van der Waals surface area contributed by atoms with E-state index in [-0.39, 0.29) is 17.4 Å². The van der Waals surface area contributed by atoms with Crippen LogP contribution in [-0.2, 0) is 0 Å². The van der Waals surface area contributed by atoms with Gasteiger partial charge in [-0.2, -0.15) is 0 Å². The molecule has 1 unspecified atom stereocenters. The largest absolute Gasteiger partial charge is 0.335 e. The number of nitrogens with zero attached hydrogens (tertiary/aromatic N) is 2. The average Bonchev–Trinajstić information content (AvgIpc) is 2.46. The summed E-state index contributed by atoms with van der Waals surface area (Å²) in [5.41, 5.74) is 0.744. The fourth-order valence-corrected chi connectivity index (χ4v) is 1.88. The number of halogens is 2. The molecule has 0 saturated carbocycles. The first kappa shape index (κ1) is 14.1. The summed E-state index contributed by atoms with van der Waals surface area (Å²) in [7, 11) is 1.58. The number of pyridine rings is 1. The van der Waals surface area contributed by atoms with Gasteiger partial charge in [0.15, 0.2) is 5.82 Å². The number of hydrogen-bond acceptors (Lipinski definition) is 2. The summed E-state index contributed by atoms with van der Waals surface area (Å²) in [6.45, 7) is 1.80. The van der Waals surface area contributed by atoms with Crippen molar-refractivity contribution in [3.05, 3.63) is 65.5 Å². The topological polar surface area (TPSA) is 33.2 Å². The van der Waals surface area contributed by atoms with Crippen LogP contribution in [0.3, 0.4) is 0 Å². The fourth-order valence-electron chi connectivity index (χ4n) is 1.88. The van der Waals surface area contributed by atoms with Crippen molar-refractivity contribution in [2.45, 2.75) is 13.0 Å². The van der Waals surface area contributed by atoms with Gasteiger partial charge in [0.05, 0.1) is 17.8 Å². The van der Waals surface area contributed by atoms with Gasteiger partial charge in [0, 0.05) is 13.2 Å². The predicted octanol–water partition coefficient (Wildman–Crippen LogP) is 3.19. The van der Waals surface area contributed by atoms with E-state index in [0.29, 0.717) is 0 Å². The molecule has 0 radical (unpaired) electrons. The third-order valence-corrected chi connectivity index (χ3v) is 3.26. The van der Waals surface area contributed by atoms with Gasteiger partial charge in [-0.25, -0.2) is 8.78 Å². The van der Waals surface area contributed by atoms with Crippen LogP contribution in [-0.4, -0.2) is 22.8 Å². The molecule has 0 aliphatic carbocycles. The van der Waals surface area contributed by atoms with E-state index in [0.717, 1.165) is 11.8 Å². The number of carbonyl (C=O) groups excluding carboxylic acids is 1. The van der Waals surface area contributed by atoms with Crippen molar-refractivity contribution in [3.63, 3.8) is 0 Å². The van der Waals surface area contributed by atoms with Crippen LogP contribution in [0.25, 0.3) is 0 Å². The summed E-state index contributed by atoms with van der Waals surface area (Å²) in [6.07, 6.45) is 2.37. The van der Waals surface area contributed by atoms with Gasteiger partial charge in [0.25, 0.3) is 5.91 Å². The van der Waals surface area contributed by atoms with Crippen molar-refractivity contribution in [2.24, 2.45) is 0 Å². The number of aromatic nitrogens is 1. The standard InChI is InChI=1S/C15H14F2N2O/c1-10(11-3-5-12(16)6-4-11)19(2)15(20)13-7-8-18-9-14(13)17/h3-10H,1-2H3. The molecular formula is C15H14F2N2O. The number of amides is 1. The zero-order chi connectivity index (χ0) is 14.7. The second-order valence-electron chi connectivity index (χ2n) is 4.50. The minimum Gasteiger partial charge on any atom is -0.335 e. The summed E-state index contributed by atoms with van der Waals surface area (Å²) in [4.78, 5) is 17.3. The van der Waals surface area contributed by atoms with Gasteiger partial charge in [-0.15, -0.1) is 0 Å². The Labute approximate surface area is 115 Å². The summed E-state index contributed by atoms with van der Waals surface area (Å²) in [6, 6.07) is 6.91. The van der Waals surface area contributed by atoms with Crippen LogP contribution in [0.2, 0.25) is 0 Å². The molecule has 0 spiro atoms. The summed E-state index contributed by atoms with van der Waals surface area (Å²) >= 11 is 0. The molecule has 0 bridgehead atoms. The van der Waals surface area contributed by atoms with Crippen molar-refractivity contribution < 1.29 is 13.6 Å². The first-order valence-electron chi connectivity index (χ1n) is 6.13. The minimum atomic E-state index is -0.657. The Hall–Kier alpha value is -2.30. The summed E-state index contributed by atoms with van der Waals surface area (Å²) in [5, 5.41) is 0. The van der Waals surface area contributed by atoms with Gasteiger partial charge < -0.3 is 4.90 Å². The van der Waals surface area contributed by atoms with Crippen LogP contribution in [0.4, 0.5) is 8.78 Å². The molecule has 1 aromatic heterocycles. The first-order chi connectivity index (χ1) is 9.50. The highest BCUT2D eigenvalue weighted by atomic mass is 19.1. The maximum Gasteiger partial charge on any atom is 0.257 e. The van der Waals surface area contributed by atoms with Crippen LogP contribution in [0.5, 0.6) is 0 Å². The maximum absolute atomic E-state index is 13.6. The van der Waals surface area contributed by atoms with Crippen LogP contribution in [0, 0.1) is 11.6 Å². The Bertz CT molecular complexity index is 614. The third-order valence-electron chi connectivity index (χ3n) is 3.26. The van der Waals surface area contributed by atoms with Gasteiger partial charge in [-0.1, -0.05) is 12.1 Å². The second-order valence-corrected chi connectivity index (χ2v) is 4.50. The van der Waals surface area contributed by atoms with Crippen molar-refractivity contribution in [1.82, 2.24) is 9.88 Å². The van der Waals surface area contributed by atoms with Crippen molar-refractivity contribution in [1.29, 1.82) is 0 Å². The zero-order valence-corrected chi connectivity index (χ0v) is 11.2. The molecule has 5 heteroatoms. The molecule has 0 N–H and O–H groups in total. The van der Waals surface area contributed by atoms with Crippen molar-refractivity contribution in [3.8, 4) is 0 Å². The van der Waals surface area contributed by atoms with E-state index in [1.807, 2.05) is 0 Å². The smallest absolute Gasteiger partial charge is 0.257 e. The Balaban J connectivity index is 2.22. The fraction of sp³-hybridized carbons (Fsp3) is 0.200. The summed E-state index contributed by atoms with van der Waals surface area (Å²) in [5.74, 6) is -1.44. The molecule has 104 valence electrons. The van der Waals surface area contributed by atoms with Crippen LogP contribution in [0.1, 0.15) is 28.9 Å². The molecule has 0 fully saturated rings. The third kappa shape index (κ3) is 2.82. The SMILES string of the molecule is CC(c1ccc(F)cc1)N(C)C(=O)c1ccncc1F. The highest BCUT2D eigenvalue weighted by Crippen LogP contribution is 2.21. The molecule has 0 saturated heterocycles. The van der Waals surface area contributed by atoms with Crippen molar-refractivity contribution in [2.75, 3.05) is 7.05 Å². The zero-order valence-electron chi connectivity index (χ0n) is 11.2. The number of benzene rings is 1. The highest BCUT2D eigenvalue weighted by Gasteiger charge is 2.21. The molecule has 1 heterocycles. The van der Waals surface area contributed by atoms with Crippen molar-refractivity contribution >= 4 is 5.91 Å². The minimum absolute atomic E-state index is 0.0311. The molecule has 2 aromatic rings. The van der Waals surface area contributed by atoms with Gasteiger partial charge in [0.1, 0.15) is 5.82 Å². The van der Waals surface area contributed by atoms with E-state index in [9.17, 15) is 13.6 Å². The molecule has 0 aliphatic heterocycles. The summed E-state index contributed by atoms with van der Waals surface area (Å²) < 4.78 is 26.5. The average molecular weight is 276 g/mol. The maximum atomic E-state index is 13.6. The Morgan fingerprint density at radius 1 is 1.20 bits per heavy atom. The molecule has 1 amide bonds. The quantitative estimate of drug-likeness (QED) is 0.862. The van der Waals surface area contributed by atoms with E-state index < -0.39 is 11.7 Å². The number of rotatable bonds is 3. The van der Waals surface area contributed by atoms with Gasteiger partial charge in [0.2, 0.25) is 0 Å².